The molecule has 1 unspecified atom stereocenters. The summed E-state index contributed by atoms with van der Waals surface area (Å²) in [7, 11) is 0. The summed E-state index contributed by atoms with van der Waals surface area (Å²) in [6, 6.07) is 8.12. The molecule has 1 saturated heterocycles. The summed E-state index contributed by atoms with van der Waals surface area (Å²) < 4.78 is 5.58. The van der Waals surface area contributed by atoms with Crippen LogP contribution in [-0.4, -0.2) is 23.6 Å². The Balaban J connectivity index is 1.84. The van der Waals surface area contributed by atoms with Gasteiger partial charge in [-0.3, -0.25) is 0 Å². The molecule has 3 heteroatoms. The fourth-order valence-electron chi connectivity index (χ4n) is 1.81. The van der Waals surface area contributed by atoms with E-state index in [1.165, 1.54) is 17.7 Å². The molecule has 0 bridgehead atoms. The van der Waals surface area contributed by atoms with Gasteiger partial charge in [-0.25, -0.2) is 0 Å². The van der Waals surface area contributed by atoms with E-state index in [1.807, 2.05) is 23.9 Å². The summed E-state index contributed by atoms with van der Waals surface area (Å²) in [5, 5.41) is 9.39. The quantitative estimate of drug-likeness (QED) is 0.818. The van der Waals surface area contributed by atoms with Gasteiger partial charge in [0.25, 0.3) is 0 Å². The first-order chi connectivity index (χ1) is 7.75. The average Bonchev–Trinajstić information content (AvgIpc) is 2.80. The zero-order valence-electron chi connectivity index (χ0n) is 9.56. The second-order valence-corrected chi connectivity index (χ2v) is 5.28. The van der Waals surface area contributed by atoms with Crippen LogP contribution in [0.25, 0.3) is 0 Å². The highest BCUT2D eigenvalue weighted by Gasteiger charge is 2.15. The van der Waals surface area contributed by atoms with Crippen molar-refractivity contribution >= 4 is 11.8 Å². The molecule has 1 heterocycles. The Morgan fingerprint density at radius 1 is 1.44 bits per heavy atom. The predicted molar refractivity (Wildman–Crippen MR) is 66.8 cm³/mol. The summed E-state index contributed by atoms with van der Waals surface area (Å²) in [6.07, 6.45) is 2.45. The molecule has 2 rings (SSSR count). The first-order valence-electron chi connectivity index (χ1n) is 5.78. The Morgan fingerprint density at radius 3 is 2.75 bits per heavy atom. The summed E-state index contributed by atoms with van der Waals surface area (Å²) in [4.78, 5) is 1.25. The van der Waals surface area contributed by atoms with Crippen LogP contribution in [0.4, 0.5) is 0 Å². The van der Waals surface area contributed by atoms with Gasteiger partial charge in [0.15, 0.2) is 0 Å². The van der Waals surface area contributed by atoms with Crippen molar-refractivity contribution in [3.63, 3.8) is 0 Å². The van der Waals surface area contributed by atoms with Crippen LogP contribution in [0.1, 0.15) is 31.4 Å². The van der Waals surface area contributed by atoms with Gasteiger partial charge in [-0.05, 0) is 37.5 Å². The Hall–Kier alpha value is -0.510. The van der Waals surface area contributed by atoms with Crippen LogP contribution in [0.5, 0.6) is 0 Å². The molecule has 1 fully saturated rings. The Bertz CT molecular complexity index is 315. The van der Waals surface area contributed by atoms with Crippen molar-refractivity contribution in [3.8, 4) is 0 Å². The fraction of sp³-hybridized carbons (Fsp3) is 0.538. The van der Waals surface area contributed by atoms with Crippen LogP contribution >= 0.6 is 11.8 Å². The summed E-state index contributed by atoms with van der Waals surface area (Å²) in [6.45, 7) is 2.71. The molecule has 2 atom stereocenters. The predicted octanol–water partition coefficient (Wildman–Crippen LogP) is 3.01. The van der Waals surface area contributed by atoms with E-state index in [2.05, 4.69) is 12.1 Å². The second-order valence-electron chi connectivity index (χ2n) is 4.19. The lowest BCUT2D eigenvalue weighted by atomic mass is 10.1. The lowest BCUT2D eigenvalue weighted by molar-refractivity contribution is 0.129. The molecule has 16 heavy (non-hydrogen) atoms. The molecule has 0 aliphatic carbocycles. The van der Waals surface area contributed by atoms with Crippen LogP contribution in [-0.2, 0) is 4.74 Å². The maximum Gasteiger partial charge on any atom is 0.0761 e. The van der Waals surface area contributed by atoms with Crippen LogP contribution in [0.15, 0.2) is 29.2 Å². The molecule has 0 radical (unpaired) electrons. The standard InChI is InChI=1S/C13H18O2S/c1-10(14)11-4-6-13(7-5-11)16-9-12-3-2-8-15-12/h4-7,10,12,14H,2-3,8-9H2,1H3/t10-,12?/m0/s1. The molecule has 0 saturated carbocycles. The molecule has 2 nitrogen and oxygen atoms in total. The highest BCUT2D eigenvalue weighted by atomic mass is 32.2. The molecule has 0 amide bonds. The highest BCUT2D eigenvalue weighted by Crippen LogP contribution is 2.25. The molecule has 1 aromatic carbocycles. The van der Waals surface area contributed by atoms with Gasteiger partial charge in [0.2, 0.25) is 0 Å². The van der Waals surface area contributed by atoms with Gasteiger partial charge >= 0.3 is 0 Å². The zero-order valence-corrected chi connectivity index (χ0v) is 10.4. The number of ether oxygens (including phenoxy) is 1. The molecular formula is C13H18O2S. The highest BCUT2D eigenvalue weighted by molar-refractivity contribution is 7.99. The zero-order chi connectivity index (χ0) is 11.4. The monoisotopic (exact) mass is 238 g/mol. The van der Waals surface area contributed by atoms with Crippen molar-refractivity contribution < 1.29 is 9.84 Å². The van der Waals surface area contributed by atoms with Crippen molar-refractivity contribution in [2.75, 3.05) is 12.4 Å². The molecule has 0 spiro atoms. The Kier molecular flexibility index (Phi) is 4.27. The lowest BCUT2D eigenvalue weighted by Crippen LogP contribution is -2.07. The third-order valence-corrected chi connectivity index (χ3v) is 3.97. The van der Waals surface area contributed by atoms with Crippen molar-refractivity contribution in [3.05, 3.63) is 29.8 Å². The first kappa shape index (κ1) is 12.0. The van der Waals surface area contributed by atoms with Gasteiger partial charge in [0.05, 0.1) is 12.2 Å². The maximum absolute atomic E-state index is 9.39. The normalized spacial score (nSPS) is 22.2. The molecule has 1 N–H and O–H groups in total. The Labute approximate surface area is 101 Å². The van der Waals surface area contributed by atoms with E-state index in [9.17, 15) is 5.11 Å². The van der Waals surface area contributed by atoms with E-state index >= 15 is 0 Å². The van der Waals surface area contributed by atoms with Gasteiger partial charge in [-0.2, -0.15) is 0 Å². The van der Waals surface area contributed by atoms with Crippen molar-refractivity contribution in [2.45, 2.75) is 36.9 Å². The van der Waals surface area contributed by atoms with E-state index in [-0.39, 0.29) is 6.10 Å². The summed E-state index contributed by atoms with van der Waals surface area (Å²) in [5.41, 5.74) is 0.974. The minimum Gasteiger partial charge on any atom is -0.389 e. The van der Waals surface area contributed by atoms with Crippen LogP contribution in [0.3, 0.4) is 0 Å². The summed E-state index contributed by atoms with van der Waals surface area (Å²) in [5.74, 6) is 1.04. The Morgan fingerprint density at radius 2 is 2.19 bits per heavy atom. The minimum atomic E-state index is -0.378. The van der Waals surface area contributed by atoms with Gasteiger partial charge in [0.1, 0.15) is 0 Å². The smallest absolute Gasteiger partial charge is 0.0761 e. The number of hydrogen-bond acceptors (Lipinski definition) is 3. The average molecular weight is 238 g/mol. The number of benzene rings is 1. The largest absolute Gasteiger partial charge is 0.389 e. The van der Waals surface area contributed by atoms with Gasteiger partial charge in [-0.1, -0.05) is 12.1 Å². The third-order valence-electron chi connectivity index (χ3n) is 2.82. The van der Waals surface area contributed by atoms with Gasteiger partial charge in [-0.15, -0.1) is 11.8 Å². The summed E-state index contributed by atoms with van der Waals surface area (Å²) >= 11 is 1.83. The first-order valence-corrected chi connectivity index (χ1v) is 6.76. The molecular weight excluding hydrogens is 220 g/mol. The van der Waals surface area contributed by atoms with E-state index in [0.717, 1.165) is 17.9 Å². The number of aliphatic hydroxyl groups is 1. The molecule has 88 valence electrons. The van der Waals surface area contributed by atoms with Crippen molar-refractivity contribution in [1.29, 1.82) is 0 Å². The second kappa shape index (κ2) is 5.71. The number of hydrogen-bond donors (Lipinski definition) is 1. The lowest BCUT2D eigenvalue weighted by Gasteiger charge is -2.09. The van der Waals surface area contributed by atoms with E-state index in [1.54, 1.807) is 6.92 Å². The number of aliphatic hydroxyl groups excluding tert-OH is 1. The van der Waals surface area contributed by atoms with Crippen molar-refractivity contribution in [1.82, 2.24) is 0 Å². The molecule has 1 aliphatic heterocycles. The topological polar surface area (TPSA) is 29.5 Å². The number of thioether (sulfide) groups is 1. The van der Waals surface area contributed by atoms with Gasteiger partial charge < -0.3 is 9.84 Å². The van der Waals surface area contributed by atoms with Crippen LogP contribution < -0.4 is 0 Å². The molecule has 0 aromatic heterocycles. The van der Waals surface area contributed by atoms with Crippen LogP contribution in [0, 0.1) is 0 Å². The van der Waals surface area contributed by atoms with Gasteiger partial charge in [0, 0.05) is 17.3 Å². The molecule has 1 aliphatic rings. The SMILES string of the molecule is C[C@H](O)c1ccc(SCC2CCCO2)cc1. The maximum atomic E-state index is 9.39. The fourth-order valence-corrected chi connectivity index (χ4v) is 2.78. The molecule has 1 aromatic rings. The minimum absolute atomic E-state index is 0.378. The van der Waals surface area contributed by atoms with Crippen molar-refractivity contribution in [2.24, 2.45) is 0 Å². The van der Waals surface area contributed by atoms with E-state index < -0.39 is 0 Å². The van der Waals surface area contributed by atoms with Crippen LogP contribution in [0.2, 0.25) is 0 Å². The number of rotatable bonds is 4. The van der Waals surface area contributed by atoms with E-state index in [4.69, 9.17) is 4.74 Å². The van der Waals surface area contributed by atoms with E-state index in [0.29, 0.717) is 6.10 Å². The third kappa shape index (κ3) is 3.24.